The molecule has 0 spiro atoms. The molecule has 0 saturated heterocycles. The van der Waals surface area contributed by atoms with Crippen LogP contribution in [0.15, 0.2) is 24.3 Å². The van der Waals surface area contributed by atoms with E-state index in [4.69, 9.17) is 34.8 Å². The van der Waals surface area contributed by atoms with E-state index < -0.39 is 4.33 Å². The van der Waals surface area contributed by atoms with E-state index >= 15 is 0 Å². The highest BCUT2D eigenvalue weighted by molar-refractivity contribution is 6.52. The molecule has 2 nitrogen and oxygen atoms in total. The van der Waals surface area contributed by atoms with E-state index in [0.717, 1.165) is 5.56 Å². The summed E-state index contributed by atoms with van der Waals surface area (Å²) < 4.78 is -0.913. The van der Waals surface area contributed by atoms with Crippen molar-refractivity contribution in [2.24, 2.45) is 11.8 Å². The Kier molecular flexibility index (Phi) is 3.82. The van der Waals surface area contributed by atoms with Crippen LogP contribution in [-0.4, -0.2) is 10.2 Å². The molecular weight excluding hydrogens is 293 g/mol. The molecule has 0 radical (unpaired) electrons. The van der Waals surface area contributed by atoms with Crippen molar-refractivity contribution in [1.82, 2.24) is 5.32 Å². The van der Waals surface area contributed by atoms with E-state index in [2.05, 4.69) is 5.32 Å². The summed E-state index contributed by atoms with van der Waals surface area (Å²) in [6.07, 6.45) is 0. The van der Waals surface area contributed by atoms with Crippen molar-refractivity contribution in [1.29, 1.82) is 0 Å². The highest BCUT2D eigenvalue weighted by Crippen LogP contribution is 2.58. The van der Waals surface area contributed by atoms with Crippen LogP contribution in [0.5, 0.6) is 0 Å². The normalized spacial score (nSPS) is 26.5. The van der Waals surface area contributed by atoms with Crippen LogP contribution in [0.3, 0.4) is 0 Å². The maximum Gasteiger partial charge on any atom is 0.227 e. The van der Waals surface area contributed by atoms with Gasteiger partial charge in [0.05, 0.1) is 12.0 Å². The van der Waals surface area contributed by atoms with Gasteiger partial charge in [0.2, 0.25) is 5.91 Å². The van der Waals surface area contributed by atoms with Gasteiger partial charge in [0.25, 0.3) is 0 Å². The highest BCUT2D eigenvalue weighted by atomic mass is 35.5. The summed E-state index contributed by atoms with van der Waals surface area (Å²) in [5.74, 6) is -0.427. The predicted molar refractivity (Wildman–Crippen MR) is 75.1 cm³/mol. The van der Waals surface area contributed by atoms with Crippen LogP contribution in [0.25, 0.3) is 0 Å². The van der Waals surface area contributed by atoms with E-state index in [1.807, 2.05) is 26.0 Å². The molecule has 1 N–H and O–H groups in total. The Morgan fingerprint density at radius 2 is 1.83 bits per heavy atom. The van der Waals surface area contributed by atoms with E-state index in [0.29, 0.717) is 5.02 Å². The van der Waals surface area contributed by atoms with Crippen molar-refractivity contribution in [3.63, 3.8) is 0 Å². The molecule has 0 bridgehead atoms. The molecule has 1 amide bonds. The Labute approximate surface area is 122 Å². The van der Waals surface area contributed by atoms with Crippen LogP contribution in [0.4, 0.5) is 0 Å². The topological polar surface area (TPSA) is 29.1 Å². The Bertz CT molecular complexity index is 458. The van der Waals surface area contributed by atoms with Crippen molar-refractivity contribution >= 4 is 40.7 Å². The molecule has 2 rings (SSSR count). The molecule has 1 aliphatic carbocycles. The third kappa shape index (κ3) is 2.61. The number of halogens is 3. The summed E-state index contributed by atoms with van der Waals surface area (Å²) >= 11 is 17.8. The van der Waals surface area contributed by atoms with Gasteiger partial charge in [0, 0.05) is 10.9 Å². The second-order valence-electron chi connectivity index (χ2n) is 4.72. The van der Waals surface area contributed by atoms with E-state index in [1.165, 1.54) is 0 Å². The average molecular weight is 307 g/mol. The summed E-state index contributed by atoms with van der Waals surface area (Å²) in [6.45, 7) is 3.79. The van der Waals surface area contributed by atoms with Crippen LogP contribution < -0.4 is 5.32 Å². The third-order valence-electron chi connectivity index (χ3n) is 3.42. The number of carbonyl (C=O) groups excluding carboxylic acids is 1. The first-order chi connectivity index (χ1) is 8.34. The zero-order chi connectivity index (χ0) is 13.5. The second kappa shape index (κ2) is 4.92. The summed E-state index contributed by atoms with van der Waals surface area (Å²) in [5.41, 5.74) is 0.996. The molecule has 3 atom stereocenters. The van der Waals surface area contributed by atoms with Gasteiger partial charge in [-0.25, -0.2) is 0 Å². The minimum absolute atomic E-state index is 0.00162. The number of carbonyl (C=O) groups is 1. The van der Waals surface area contributed by atoms with Crippen LogP contribution >= 0.6 is 34.8 Å². The van der Waals surface area contributed by atoms with E-state index in [-0.39, 0.29) is 23.8 Å². The molecule has 0 heterocycles. The zero-order valence-corrected chi connectivity index (χ0v) is 12.4. The number of alkyl halides is 2. The van der Waals surface area contributed by atoms with Gasteiger partial charge < -0.3 is 5.32 Å². The predicted octanol–water partition coefficient (Wildman–Crippen LogP) is 3.96. The second-order valence-corrected chi connectivity index (χ2v) is 6.60. The number of rotatable bonds is 3. The lowest BCUT2D eigenvalue weighted by molar-refractivity contribution is -0.123. The van der Waals surface area contributed by atoms with Crippen LogP contribution in [-0.2, 0) is 4.79 Å². The lowest BCUT2D eigenvalue weighted by atomic mass is 10.1. The molecule has 1 saturated carbocycles. The molecule has 1 aromatic rings. The number of hydrogen-bond donors (Lipinski definition) is 1. The van der Waals surface area contributed by atoms with Gasteiger partial charge in [-0.2, -0.15) is 0 Å². The lowest BCUT2D eigenvalue weighted by Gasteiger charge is -2.14. The number of hydrogen-bond acceptors (Lipinski definition) is 1. The molecule has 1 fully saturated rings. The van der Waals surface area contributed by atoms with Gasteiger partial charge in [-0.15, -0.1) is 23.2 Å². The van der Waals surface area contributed by atoms with E-state index in [9.17, 15) is 4.79 Å². The Hall–Kier alpha value is -0.440. The molecule has 0 aromatic heterocycles. The van der Waals surface area contributed by atoms with Crippen molar-refractivity contribution in [2.45, 2.75) is 24.2 Å². The first-order valence-corrected chi connectivity index (χ1v) is 6.91. The van der Waals surface area contributed by atoms with Gasteiger partial charge in [0.15, 0.2) is 0 Å². The monoisotopic (exact) mass is 305 g/mol. The zero-order valence-electron chi connectivity index (χ0n) is 10.1. The molecule has 98 valence electrons. The maximum atomic E-state index is 12.0. The summed E-state index contributed by atoms with van der Waals surface area (Å²) in [4.78, 5) is 12.0. The first-order valence-electron chi connectivity index (χ1n) is 5.77. The number of nitrogens with one attached hydrogen (secondary N) is 1. The summed E-state index contributed by atoms with van der Waals surface area (Å²) in [6, 6.07) is 7.28. The largest absolute Gasteiger partial charge is 0.349 e. The van der Waals surface area contributed by atoms with Crippen molar-refractivity contribution in [2.75, 3.05) is 0 Å². The number of amides is 1. The maximum absolute atomic E-state index is 12.0. The van der Waals surface area contributed by atoms with Gasteiger partial charge in [-0.05, 0) is 24.6 Å². The molecule has 1 aliphatic rings. The fraction of sp³-hybridized carbons (Fsp3) is 0.462. The summed E-state index contributed by atoms with van der Waals surface area (Å²) in [5, 5.41) is 3.59. The quantitative estimate of drug-likeness (QED) is 0.842. The smallest absolute Gasteiger partial charge is 0.227 e. The Balaban J connectivity index is 1.98. The average Bonchev–Trinajstić information content (AvgIpc) is 2.78. The molecule has 0 aliphatic heterocycles. The van der Waals surface area contributed by atoms with Crippen LogP contribution in [0.1, 0.15) is 25.5 Å². The molecule has 3 unspecified atom stereocenters. The lowest BCUT2D eigenvalue weighted by Crippen LogP contribution is -2.29. The van der Waals surface area contributed by atoms with Gasteiger partial charge >= 0.3 is 0 Å². The molecule has 5 heteroatoms. The minimum Gasteiger partial charge on any atom is -0.349 e. The van der Waals surface area contributed by atoms with E-state index in [1.54, 1.807) is 12.1 Å². The SMILES string of the molecule is CC(NC(=O)C1C(C)C1(Cl)Cl)c1ccc(Cl)cc1. The fourth-order valence-electron chi connectivity index (χ4n) is 2.02. The standard InChI is InChI=1S/C13H14Cl3NO/c1-7-11(13(7,15)16)12(18)17-8(2)9-3-5-10(14)6-4-9/h3-8,11H,1-2H3,(H,17,18). The molecule has 18 heavy (non-hydrogen) atoms. The van der Waals surface area contributed by atoms with Crippen LogP contribution in [0, 0.1) is 11.8 Å². The molecule has 1 aromatic carbocycles. The van der Waals surface area contributed by atoms with Gasteiger partial charge in [-0.3, -0.25) is 4.79 Å². The number of benzene rings is 1. The molecular formula is C13H14Cl3NO. The fourth-order valence-corrected chi connectivity index (χ4v) is 2.85. The van der Waals surface area contributed by atoms with Gasteiger partial charge in [-0.1, -0.05) is 30.7 Å². The summed E-state index contributed by atoms with van der Waals surface area (Å²) in [7, 11) is 0. The Morgan fingerprint density at radius 1 is 1.33 bits per heavy atom. The minimum atomic E-state index is -0.913. The third-order valence-corrected chi connectivity index (χ3v) is 4.83. The van der Waals surface area contributed by atoms with Crippen LogP contribution in [0.2, 0.25) is 5.02 Å². The van der Waals surface area contributed by atoms with Crippen molar-refractivity contribution in [3.05, 3.63) is 34.9 Å². The van der Waals surface area contributed by atoms with Crippen molar-refractivity contribution in [3.8, 4) is 0 Å². The van der Waals surface area contributed by atoms with Gasteiger partial charge in [0.1, 0.15) is 4.33 Å². The highest BCUT2D eigenvalue weighted by Gasteiger charge is 2.64. The Morgan fingerprint density at radius 3 is 2.28 bits per heavy atom. The van der Waals surface area contributed by atoms with Crippen molar-refractivity contribution < 1.29 is 4.79 Å². The first kappa shape index (κ1) is 14.0.